The normalized spacial score (nSPS) is 22.9. The van der Waals surface area contributed by atoms with Gasteiger partial charge in [0.15, 0.2) is 0 Å². The largest absolute Gasteiger partial charge is 0.381 e. The Morgan fingerprint density at radius 3 is 2.95 bits per heavy atom. The Labute approximate surface area is 118 Å². The van der Waals surface area contributed by atoms with E-state index in [2.05, 4.69) is 15.5 Å². The first kappa shape index (κ1) is 13.3. The van der Waals surface area contributed by atoms with E-state index in [4.69, 9.17) is 9.26 Å². The fraction of sp³-hybridized carbons (Fsp3) is 0.467. The van der Waals surface area contributed by atoms with Gasteiger partial charge in [-0.1, -0.05) is 29.4 Å². The fourth-order valence-electron chi connectivity index (χ4n) is 2.65. The van der Waals surface area contributed by atoms with Crippen LogP contribution in [0, 0.1) is 6.92 Å². The van der Waals surface area contributed by atoms with Gasteiger partial charge in [0.05, 0.1) is 12.5 Å². The molecule has 1 aromatic carbocycles. The van der Waals surface area contributed by atoms with Gasteiger partial charge in [0.1, 0.15) is 0 Å². The molecule has 0 amide bonds. The summed E-state index contributed by atoms with van der Waals surface area (Å²) < 4.78 is 11.0. The lowest BCUT2D eigenvalue weighted by Crippen LogP contribution is -2.39. The monoisotopic (exact) mass is 273 g/mol. The van der Waals surface area contributed by atoms with E-state index in [1.165, 1.54) is 0 Å². The molecule has 5 heteroatoms. The van der Waals surface area contributed by atoms with Gasteiger partial charge in [-0.05, 0) is 26.0 Å². The molecule has 1 aromatic heterocycles. The van der Waals surface area contributed by atoms with Gasteiger partial charge >= 0.3 is 0 Å². The highest BCUT2D eigenvalue weighted by atomic mass is 16.5. The molecule has 1 aliphatic heterocycles. The van der Waals surface area contributed by atoms with Gasteiger partial charge in [-0.2, -0.15) is 4.98 Å². The molecule has 3 rings (SSSR count). The molecule has 1 fully saturated rings. The van der Waals surface area contributed by atoms with Crippen molar-refractivity contribution in [2.75, 3.05) is 20.3 Å². The van der Waals surface area contributed by atoms with Crippen molar-refractivity contribution >= 4 is 0 Å². The molecule has 0 bridgehead atoms. The SMILES string of the molecule is CNC1CCOCC1c1nc(-c2ccccc2C)no1. The molecule has 2 atom stereocenters. The van der Waals surface area contributed by atoms with Crippen molar-refractivity contribution in [3.8, 4) is 11.4 Å². The highest BCUT2D eigenvalue weighted by molar-refractivity contribution is 5.59. The fourth-order valence-corrected chi connectivity index (χ4v) is 2.65. The van der Waals surface area contributed by atoms with Crippen molar-refractivity contribution in [3.63, 3.8) is 0 Å². The molecule has 2 aromatic rings. The van der Waals surface area contributed by atoms with E-state index < -0.39 is 0 Å². The number of ether oxygens (including phenoxy) is 1. The summed E-state index contributed by atoms with van der Waals surface area (Å²) in [5.41, 5.74) is 2.16. The smallest absolute Gasteiger partial charge is 0.233 e. The first-order chi connectivity index (χ1) is 9.79. The molecule has 0 aliphatic carbocycles. The molecule has 2 unspecified atom stereocenters. The number of hydrogen-bond donors (Lipinski definition) is 1. The van der Waals surface area contributed by atoms with E-state index in [-0.39, 0.29) is 5.92 Å². The van der Waals surface area contributed by atoms with Crippen LogP contribution in [0.15, 0.2) is 28.8 Å². The topological polar surface area (TPSA) is 60.2 Å². The van der Waals surface area contributed by atoms with Crippen LogP contribution in [0.25, 0.3) is 11.4 Å². The number of nitrogens with zero attached hydrogens (tertiary/aromatic N) is 2. The van der Waals surface area contributed by atoms with Crippen LogP contribution in [0.1, 0.15) is 23.8 Å². The first-order valence-electron chi connectivity index (χ1n) is 6.94. The van der Waals surface area contributed by atoms with Gasteiger partial charge < -0.3 is 14.6 Å². The van der Waals surface area contributed by atoms with Gasteiger partial charge in [-0.15, -0.1) is 0 Å². The molecule has 2 heterocycles. The Morgan fingerprint density at radius 2 is 2.15 bits per heavy atom. The number of nitrogens with one attached hydrogen (secondary N) is 1. The zero-order valence-electron chi connectivity index (χ0n) is 11.8. The summed E-state index contributed by atoms with van der Waals surface area (Å²) in [6.45, 7) is 3.45. The number of aryl methyl sites for hydroxylation is 1. The lowest BCUT2D eigenvalue weighted by Gasteiger charge is -2.28. The van der Waals surface area contributed by atoms with Gasteiger partial charge in [-0.25, -0.2) is 0 Å². The van der Waals surface area contributed by atoms with Crippen LogP contribution < -0.4 is 5.32 Å². The molecule has 0 spiro atoms. The summed E-state index contributed by atoms with van der Waals surface area (Å²) in [5.74, 6) is 1.43. The van der Waals surface area contributed by atoms with E-state index in [1.807, 2.05) is 38.2 Å². The molecule has 20 heavy (non-hydrogen) atoms. The van der Waals surface area contributed by atoms with Crippen molar-refractivity contribution in [1.82, 2.24) is 15.5 Å². The molecule has 0 saturated carbocycles. The average molecular weight is 273 g/mol. The maximum atomic E-state index is 5.54. The summed E-state index contributed by atoms with van der Waals surface area (Å²) >= 11 is 0. The standard InChI is InChI=1S/C15H19N3O2/c1-10-5-3-4-6-11(10)14-17-15(20-18-14)12-9-19-8-7-13(12)16-2/h3-6,12-13,16H,7-9H2,1-2H3. The number of benzene rings is 1. The molecule has 1 N–H and O–H groups in total. The Balaban J connectivity index is 1.88. The van der Waals surface area contributed by atoms with E-state index in [0.29, 0.717) is 24.4 Å². The second-order valence-electron chi connectivity index (χ2n) is 5.14. The van der Waals surface area contributed by atoms with Crippen LogP contribution in [-0.2, 0) is 4.74 Å². The summed E-state index contributed by atoms with van der Waals surface area (Å²) in [5, 5.41) is 7.43. The molecule has 1 saturated heterocycles. The zero-order chi connectivity index (χ0) is 13.9. The minimum atomic E-state index is 0.124. The average Bonchev–Trinajstić information content (AvgIpc) is 2.97. The number of rotatable bonds is 3. The Bertz CT molecular complexity index is 582. The lowest BCUT2D eigenvalue weighted by molar-refractivity contribution is 0.0516. The molecule has 1 aliphatic rings. The number of hydrogen-bond acceptors (Lipinski definition) is 5. The molecular weight excluding hydrogens is 254 g/mol. The van der Waals surface area contributed by atoms with Gasteiger partial charge in [0, 0.05) is 18.2 Å². The van der Waals surface area contributed by atoms with Crippen molar-refractivity contribution in [3.05, 3.63) is 35.7 Å². The van der Waals surface area contributed by atoms with E-state index in [0.717, 1.165) is 24.2 Å². The Morgan fingerprint density at radius 1 is 1.30 bits per heavy atom. The summed E-state index contributed by atoms with van der Waals surface area (Å²) in [7, 11) is 1.96. The van der Waals surface area contributed by atoms with Crippen LogP contribution in [0.5, 0.6) is 0 Å². The van der Waals surface area contributed by atoms with E-state index in [9.17, 15) is 0 Å². The summed E-state index contributed by atoms with van der Waals surface area (Å²) in [6, 6.07) is 8.38. The quantitative estimate of drug-likeness (QED) is 0.928. The van der Waals surface area contributed by atoms with E-state index >= 15 is 0 Å². The van der Waals surface area contributed by atoms with Crippen LogP contribution in [-0.4, -0.2) is 36.4 Å². The lowest BCUT2D eigenvalue weighted by atomic mass is 9.96. The van der Waals surface area contributed by atoms with Crippen LogP contribution in [0.3, 0.4) is 0 Å². The highest BCUT2D eigenvalue weighted by Gasteiger charge is 2.30. The minimum Gasteiger partial charge on any atom is -0.381 e. The zero-order valence-corrected chi connectivity index (χ0v) is 11.8. The summed E-state index contributed by atoms with van der Waals surface area (Å²) in [6.07, 6.45) is 0.962. The van der Waals surface area contributed by atoms with Crippen molar-refractivity contribution in [2.24, 2.45) is 0 Å². The third-order valence-corrected chi connectivity index (χ3v) is 3.87. The maximum Gasteiger partial charge on any atom is 0.233 e. The minimum absolute atomic E-state index is 0.124. The highest BCUT2D eigenvalue weighted by Crippen LogP contribution is 2.27. The maximum absolute atomic E-state index is 5.54. The third-order valence-electron chi connectivity index (χ3n) is 3.87. The second kappa shape index (κ2) is 5.73. The molecule has 106 valence electrons. The molecular formula is C15H19N3O2. The van der Waals surface area contributed by atoms with Crippen LogP contribution in [0.4, 0.5) is 0 Å². The predicted molar refractivity (Wildman–Crippen MR) is 75.5 cm³/mol. The van der Waals surface area contributed by atoms with Crippen LogP contribution in [0.2, 0.25) is 0 Å². The van der Waals surface area contributed by atoms with Crippen molar-refractivity contribution < 1.29 is 9.26 Å². The van der Waals surface area contributed by atoms with Gasteiger partial charge in [-0.3, -0.25) is 0 Å². The van der Waals surface area contributed by atoms with Gasteiger partial charge in [0.2, 0.25) is 11.7 Å². The second-order valence-corrected chi connectivity index (χ2v) is 5.14. The Hall–Kier alpha value is -1.72. The van der Waals surface area contributed by atoms with E-state index in [1.54, 1.807) is 0 Å². The van der Waals surface area contributed by atoms with Crippen molar-refractivity contribution in [2.45, 2.75) is 25.3 Å². The van der Waals surface area contributed by atoms with Crippen LogP contribution >= 0.6 is 0 Å². The third kappa shape index (κ3) is 2.46. The molecule has 0 radical (unpaired) electrons. The number of likely N-dealkylation sites (N-methyl/N-ethyl adjacent to an activating group) is 1. The molecule has 5 nitrogen and oxygen atoms in total. The first-order valence-corrected chi connectivity index (χ1v) is 6.94. The summed E-state index contributed by atoms with van der Waals surface area (Å²) in [4.78, 5) is 4.57. The number of aromatic nitrogens is 2. The Kier molecular flexibility index (Phi) is 3.80. The predicted octanol–water partition coefficient (Wildman–Crippen LogP) is 2.14. The van der Waals surface area contributed by atoms with Crippen molar-refractivity contribution in [1.29, 1.82) is 0 Å². The van der Waals surface area contributed by atoms with Gasteiger partial charge in [0.25, 0.3) is 0 Å².